The maximum absolute atomic E-state index is 14.5. The number of carbonyl (C=O) groups excluding carboxylic acids is 1. The van der Waals surface area contributed by atoms with Crippen molar-refractivity contribution < 1.29 is 36.9 Å². The van der Waals surface area contributed by atoms with E-state index in [0.29, 0.717) is 0 Å². The molecular formula is C22H22F4N4O4. The van der Waals surface area contributed by atoms with Crippen LogP contribution in [0.25, 0.3) is 11.3 Å². The summed E-state index contributed by atoms with van der Waals surface area (Å²) in [6.45, 7) is 2.38. The van der Waals surface area contributed by atoms with Gasteiger partial charge >= 0.3 is 0 Å². The van der Waals surface area contributed by atoms with Gasteiger partial charge in [0.15, 0.2) is 5.76 Å². The largest absolute Gasteiger partial charge is 0.503 e. The molecule has 12 heteroatoms. The number of rotatable bonds is 6. The van der Waals surface area contributed by atoms with E-state index in [9.17, 15) is 27.5 Å². The van der Waals surface area contributed by atoms with E-state index < -0.39 is 60.4 Å². The second-order valence-corrected chi connectivity index (χ2v) is 7.82. The van der Waals surface area contributed by atoms with Crippen molar-refractivity contribution in [3.8, 4) is 11.3 Å². The zero-order valence-electron chi connectivity index (χ0n) is 18.2. The number of ether oxygens (including phenoxy) is 2. The Bertz CT molecular complexity index is 1110. The van der Waals surface area contributed by atoms with Gasteiger partial charge < -0.3 is 19.9 Å². The smallest absolute Gasteiger partial charge is 0.290 e. The molecular weight excluding hydrogens is 460 g/mol. The number of hydrogen-bond acceptors (Lipinski definition) is 7. The highest BCUT2D eigenvalue weighted by Gasteiger charge is 2.38. The van der Waals surface area contributed by atoms with Crippen molar-refractivity contribution in [1.82, 2.24) is 9.97 Å². The van der Waals surface area contributed by atoms with E-state index in [1.807, 2.05) is 0 Å². The van der Waals surface area contributed by atoms with E-state index in [1.54, 1.807) is 13.8 Å². The fourth-order valence-electron chi connectivity index (χ4n) is 3.24. The molecule has 3 N–H and O–H groups in total. The molecule has 2 aromatic rings. The number of alkyl halides is 2. The van der Waals surface area contributed by atoms with E-state index in [4.69, 9.17) is 14.9 Å². The van der Waals surface area contributed by atoms with Crippen LogP contribution in [-0.4, -0.2) is 45.5 Å². The van der Waals surface area contributed by atoms with Gasteiger partial charge in [0.2, 0.25) is 5.90 Å². The molecule has 1 aliphatic heterocycles. The lowest BCUT2D eigenvalue weighted by atomic mass is 10.00. The lowest BCUT2D eigenvalue weighted by molar-refractivity contribution is -0.146. The molecule has 0 spiro atoms. The first-order valence-corrected chi connectivity index (χ1v) is 10.2. The van der Waals surface area contributed by atoms with Gasteiger partial charge in [0.25, 0.3) is 11.8 Å². The average Bonchev–Trinajstić information content (AvgIpc) is 2.75. The van der Waals surface area contributed by atoms with Gasteiger partial charge in [-0.3, -0.25) is 10.2 Å². The monoisotopic (exact) mass is 482 g/mol. The molecule has 0 bridgehead atoms. The van der Waals surface area contributed by atoms with Crippen molar-refractivity contribution in [3.63, 3.8) is 0 Å². The molecule has 182 valence electrons. The van der Waals surface area contributed by atoms with Crippen LogP contribution in [0.15, 0.2) is 36.4 Å². The normalized spacial score (nSPS) is 18.0. The number of carbonyl (C=O) groups is 1. The molecule has 1 aromatic carbocycles. The van der Waals surface area contributed by atoms with E-state index in [0.717, 1.165) is 30.6 Å². The fourth-order valence-corrected chi connectivity index (χ4v) is 3.24. The number of halogens is 4. The SMILES string of the molecule is CC(C)OC(=N)/C=C(\O)C(=O)Nc1c(-c2cc(F)ccc2F)ncnc1C1CCC(F)(F)CO1. The molecule has 0 saturated carbocycles. The van der Waals surface area contributed by atoms with E-state index in [1.165, 1.54) is 0 Å². The van der Waals surface area contributed by atoms with Crippen molar-refractivity contribution in [2.24, 2.45) is 0 Å². The van der Waals surface area contributed by atoms with Crippen molar-refractivity contribution in [1.29, 1.82) is 5.41 Å². The Morgan fingerprint density at radius 1 is 1.35 bits per heavy atom. The molecule has 1 amide bonds. The third-order valence-corrected chi connectivity index (χ3v) is 4.73. The van der Waals surface area contributed by atoms with Crippen LogP contribution in [0.1, 0.15) is 38.5 Å². The van der Waals surface area contributed by atoms with Gasteiger partial charge in [-0.05, 0) is 38.5 Å². The van der Waals surface area contributed by atoms with Gasteiger partial charge in [-0.1, -0.05) is 0 Å². The number of aliphatic hydroxyl groups is 1. The number of aromatic nitrogens is 2. The third-order valence-electron chi connectivity index (χ3n) is 4.73. The maximum atomic E-state index is 14.5. The lowest BCUT2D eigenvalue weighted by Gasteiger charge is -2.29. The summed E-state index contributed by atoms with van der Waals surface area (Å²) in [5, 5.41) is 20.1. The van der Waals surface area contributed by atoms with Crippen molar-refractivity contribution in [3.05, 3.63) is 53.7 Å². The van der Waals surface area contributed by atoms with Crippen LogP contribution < -0.4 is 5.32 Å². The van der Waals surface area contributed by atoms with Crippen LogP contribution in [0, 0.1) is 17.0 Å². The topological polar surface area (TPSA) is 117 Å². The lowest BCUT2D eigenvalue weighted by Crippen LogP contribution is -2.32. The molecule has 2 heterocycles. The van der Waals surface area contributed by atoms with Gasteiger partial charge in [-0.15, -0.1) is 0 Å². The highest BCUT2D eigenvalue weighted by atomic mass is 19.3. The van der Waals surface area contributed by atoms with Gasteiger partial charge in [-0.2, -0.15) is 0 Å². The Hall–Kier alpha value is -3.54. The number of hydrogen-bond donors (Lipinski definition) is 3. The summed E-state index contributed by atoms with van der Waals surface area (Å²) in [5.74, 6) is -7.27. The second kappa shape index (κ2) is 10.2. The highest BCUT2D eigenvalue weighted by molar-refractivity contribution is 6.07. The standard InChI is InChI=1S/C22H22F4N4O4/c1-11(2)34-17(27)8-15(31)21(32)30-20-18(13-7-12(23)3-4-14(13)24)28-10-29-19(20)16-5-6-22(25,26)9-33-16/h3-4,7-8,10-11,16,27,31H,5-6,9H2,1-2H3,(H,30,32)/b15-8-,27-17?. The molecule has 1 fully saturated rings. The summed E-state index contributed by atoms with van der Waals surface area (Å²) >= 11 is 0. The minimum atomic E-state index is -3.04. The summed E-state index contributed by atoms with van der Waals surface area (Å²) < 4.78 is 65.8. The Morgan fingerprint density at radius 3 is 2.74 bits per heavy atom. The van der Waals surface area contributed by atoms with Crippen LogP contribution in [0.4, 0.5) is 23.2 Å². The summed E-state index contributed by atoms with van der Waals surface area (Å²) in [4.78, 5) is 20.6. The van der Waals surface area contributed by atoms with Crippen LogP contribution in [0.5, 0.6) is 0 Å². The minimum absolute atomic E-state index is 0.0566. The Balaban J connectivity index is 2.03. The van der Waals surface area contributed by atoms with Crippen LogP contribution in [0.3, 0.4) is 0 Å². The summed E-state index contributed by atoms with van der Waals surface area (Å²) in [6.07, 6.45) is -0.346. The summed E-state index contributed by atoms with van der Waals surface area (Å²) in [6, 6.07) is 2.59. The van der Waals surface area contributed by atoms with E-state index >= 15 is 0 Å². The molecule has 1 aromatic heterocycles. The molecule has 1 aliphatic rings. The quantitative estimate of drug-likeness (QED) is 0.181. The van der Waals surface area contributed by atoms with Crippen molar-refractivity contribution in [2.45, 2.75) is 44.8 Å². The van der Waals surface area contributed by atoms with Crippen LogP contribution >= 0.6 is 0 Å². The number of amides is 1. The third kappa shape index (κ3) is 6.07. The fraction of sp³-hybridized carbons (Fsp3) is 0.364. The Kier molecular flexibility index (Phi) is 7.50. The second-order valence-electron chi connectivity index (χ2n) is 7.82. The molecule has 1 saturated heterocycles. The van der Waals surface area contributed by atoms with Crippen LogP contribution in [0.2, 0.25) is 0 Å². The Labute approximate surface area is 192 Å². The molecule has 0 radical (unpaired) electrons. The Morgan fingerprint density at radius 2 is 2.09 bits per heavy atom. The molecule has 3 rings (SSSR count). The zero-order valence-corrected chi connectivity index (χ0v) is 18.2. The maximum Gasteiger partial charge on any atom is 0.290 e. The van der Waals surface area contributed by atoms with E-state index in [2.05, 4.69) is 15.3 Å². The van der Waals surface area contributed by atoms with Gasteiger partial charge in [-0.25, -0.2) is 27.5 Å². The predicted molar refractivity (Wildman–Crippen MR) is 114 cm³/mol. The first-order valence-electron chi connectivity index (χ1n) is 10.2. The first-order chi connectivity index (χ1) is 16.0. The molecule has 1 atom stereocenters. The van der Waals surface area contributed by atoms with Crippen molar-refractivity contribution in [2.75, 3.05) is 11.9 Å². The predicted octanol–water partition coefficient (Wildman–Crippen LogP) is 4.69. The molecule has 34 heavy (non-hydrogen) atoms. The summed E-state index contributed by atoms with van der Waals surface area (Å²) in [7, 11) is 0. The number of nitrogens with zero attached hydrogens (tertiary/aromatic N) is 2. The number of nitrogens with one attached hydrogen (secondary N) is 2. The number of anilines is 1. The van der Waals surface area contributed by atoms with E-state index in [-0.39, 0.29) is 29.1 Å². The van der Waals surface area contributed by atoms with Crippen molar-refractivity contribution >= 4 is 17.5 Å². The minimum Gasteiger partial charge on any atom is -0.503 e. The molecule has 0 aliphatic carbocycles. The molecule has 1 unspecified atom stereocenters. The number of aliphatic hydroxyl groups excluding tert-OH is 1. The highest BCUT2D eigenvalue weighted by Crippen LogP contribution is 2.40. The van der Waals surface area contributed by atoms with Gasteiger partial charge in [0.05, 0.1) is 17.5 Å². The average molecular weight is 482 g/mol. The zero-order chi connectivity index (χ0) is 25.0. The van der Waals surface area contributed by atoms with Gasteiger partial charge in [0.1, 0.15) is 36.4 Å². The molecule has 8 nitrogen and oxygen atoms in total. The number of benzene rings is 1. The summed E-state index contributed by atoms with van der Waals surface area (Å²) in [5.41, 5.74) is -0.903. The first kappa shape index (κ1) is 25.1. The van der Waals surface area contributed by atoms with Gasteiger partial charge in [0, 0.05) is 18.1 Å². The van der Waals surface area contributed by atoms with Crippen LogP contribution in [-0.2, 0) is 14.3 Å².